The van der Waals surface area contributed by atoms with Crippen LogP contribution in [0.25, 0.3) is 0 Å². The SMILES string of the molecule is CC(CNC(=O)Nc1cccc(N)c1)c1nccs1. The van der Waals surface area contributed by atoms with E-state index in [0.717, 1.165) is 5.01 Å². The van der Waals surface area contributed by atoms with Crippen molar-refractivity contribution in [2.45, 2.75) is 12.8 Å². The van der Waals surface area contributed by atoms with E-state index in [2.05, 4.69) is 15.6 Å². The van der Waals surface area contributed by atoms with Gasteiger partial charge < -0.3 is 16.4 Å². The molecule has 0 saturated carbocycles. The molecule has 19 heavy (non-hydrogen) atoms. The van der Waals surface area contributed by atoms with Gasteiger partial charge in [-0.15, -0.1) is 11.3 Å². The lowest BCUT2D eigenvalue weighted by Crippen LogP contribution is -2.31. The molecule has 6 heteroatoms. The smallest absolute Gasteiger partial charge is 0.319 e. The Morgan fingerprint density at radius 3 is 3.05 bits per heavy atom. The van der Waals surface area contributed by atoms with Gasteiger partial charge in [0, 0.05) is 35.4 Å². The number of nitrogen functional groups attached to an aromatic ring is 1. The van der Waals surface area contributed by atoms with E-state index in [9.17, 15) is 4.79 Å². The van der Waals surface area contributed by atoms with Gasteiger partial charge in [-0.25, -0.2) is 9.78 Å². The Morgan fingerprint density at radius 1 is 1.53 bits per heavy atom. The van der Waals surface area contributed by atoms with Gasteiger partial charge in [-0.1, -0.05) is 13.0 Å². The molecule has 0 spiro atoms. The van der Waals surface area contributed by atoms with Crippen molar-refractivity contribution >= 4 is 28.7 Å². The molecule has 0 bridgehead atoms. The Kier molecular flexibility index (Phi) is 4.35. The van der Waals surface area contributed by atoms with Gasteiger partial charge in [-0.3, -0.25) is 0 Å². The molecule has 0 saturated heterocycles. The normalized spacial score (nSPS) is 11.8. The second-order valence-corrected chi connectivity index (χ2v) is 5.16. The number of nitrogens with zero attached hydrogens (tertiary/aromatic N) is 1. The maximum atomic E-state index is 11.7. The number of anilines is 2. The molecule has 1 aromatic heterocycles. The largest absolute Gasteiger partial charge is 0.399 e. The molecule has 100 valence electrons. The summed E-state index contributed by atoms with van der Waals surface area (Å²) in [4.78, 5) is 15.9. The average molecular weight is 276 g/mol. The van der Waals surface area contributed by atoms with Crippen LogP contribution in [0.2, 0.25) is 0 Å². The summed E-state index contributed by atoms with van der Waals surface area (Å²) < 4.78 is 0. The van der Waals surface area contributed by atoms with Gasteiger partial charge in [0.25, 0.3) is 0 Å². The molecule has 0 radical (unpaired) electrons. The first-order valence-electron chi connectivity index (χ1n) is 5.95. The molecule has 5 nitrogen and oxygen atoms in total. The highest BCUT2D eigenvalue weighted by molar-refractivity contribution is 7.09. The van der Waals surface area contributed by atoms with Crippen LogP contribution in [-0.4, -0.2) is 17.6 Å². The van der Waals surface area contributed by atoms with E-state index in [1.54, 1.807) is 41.8 Å². The lowest BCUT2D eigenvalue weighted by atomic mass is 10.2. The quantitative estimate of drug-likeness (QED) is 0.751. The van der Waals surface area contributed by atoms with Crippen LogP contribution in [0.15, 0.2) is 35.8 Å². The number of carbonyl (C=O) groups excluding carboxylic acids is 1. The van der Waals surface area contributed by atoms with Crippen molar-refractivity contribution < 1.29 is 4.79 Å². The summed E-state index contributed by atoms with van der Waals surface area (Å²) in [6.07, 6.45) is 1.77. The first kappa shape index (κ1) is 13.4. The van der Waals surface area contributed by atoms with Gasteiger partial charge >= 0.3 is 6.03 Å². The first-order valence-corrected chi connectivity index (χ1v) is 6.83. The summed E-state index contributed by atoms with van der Waals surface area (Å²) in [6.45, 7) is 2.57. The zero-order valence-corrected chi connectivity index (χ0v) is 11.4. The molecule has 1 unspecified atom stereocenters. The molecule has 0 aliphatic rings. The topological polar surface area (TPSA) is 80.0 Å². The monoisotopic (exact) mass is 276 g/mol. The summed E-state index contributed by atoms with van der Waals surface area (Å²) in [5.74, 6) is 0.201. The molecule has 1 atom stereocenters. The molecule has 2 rings (SSSR count). The van der Waals surface area contributed by atoms with Crippen molar-refractivity contribution in [3.8, 4) is 0 Å². The minimum atomic E-state index is -0.242. The Balaban J connectivity index is 1.82. The number of aromatic nitrogens is 1. The minimum Gasteiger partial charge on any atom is -0.399 e. The second-order valence-electron chi connectivity index (χ2n) is 4.23. The zero-order chi connectivity index (χ0) is 13.7. The summed E-state index contributed by atoms with van der Waals surface area (Å²) in [5, 5.41) is 8.50. The van der Waals surface area contributed by atoms with Gasteiger partial charge in [-0.2, -0.15) is 0 Å². The predicted octanol–water partition coefficient (Wildman–Crippen LogP) is 2.65. The number of nitrogens with two attached hydrogens (primary N) is 1. The van der Waals surface area contributed by atoms with Crippen molar-refractivity contribution in [2.75, 3.05) is 17.6 Å². The van der Waals surface area contributed by atoms with Crippen LogP contribution in [0.3, 0.4) is 0 Å². The van der Waals surface area contributed by atoms with E-state index < -0.39 is 0 Å². The van der Waals surface area contributed by atoms with Crippen LogP contribution in [0.1, 0.15) is 17.8 Å². The first-order chi connectivity index (χ1) is 9.15. The Labute approximate surface area is 115 Å². The maximum absolute atomic E-state index is 11.7. The highest BCUT2D eigenvalue weighted by Crippen LogP contribution is 2.16. The summed E-state index contributed by atoms with van der Waals surface area (Å²) in [6, 6.07) is 6.83. The molecule has 2 amide bonds. The number of amides is 2. The number of rotatable bonds is 4. The molecule has 1 aromatic carbocycles. The highest BCUT2D eigenvalue weighted by Gasteiger charge is 2.09. The average Bonchev–Trinajstić information content (AvgIpc) is 2.90. The fourth-order valence-electron chi connectivity index (χ4n) is 1.60. The van der Waals surface area contributed by atoms with E-state index in [1.807, 2.05) is 12.3 Å². The third kappa shape index (κ3) is 3.96. The highest BCUT2D eigenvalue weighted by atomic mass is 32.1. The number of urea groups is 1. The van der Waals surface area contributed by atoms with Gasteiger partial charge in [-0.05, 0) is 18.2 Å². The third-order valence-corrected chi connectivity index (χ3v) is 3.59. The van der Waals surface area contributed by atoms with E-state index in [-0.39, 0.29) is 11.9 Å². The number of nitrogens with one attached hydrogen (secondary N) is 2. The van der Waals surface area contributed by atoms with Crippen molar-refractivity contribution in [3.05, 3.63) is 40.8 Å². The fourth-order valence-corrected chi connectivity index (χ4v) is 2.30. The van der Waals surface area contributed by atoms with Crippen LogP contribution >= 0.6 is 11.3 Å². The number of carbonyl (C=O) groups is 1. The van der Waals surface area contributed by atoms with Gasteiger partial charge in [0.15, 0.2) is 0 Å². The molecular formula is C13H16N4OS. The van der Waals surface area contributed by atoms with Gasteiger partial charge in [0.1, 0.15) is 0 Å². The van der Waals surface area contributed by atoms with Gasteiger partial charge in [0.2, 0.25) is 0 Å². The molecule has 2 aromatic rings. The van der Waals surface area contributed by atoms with Crippen LogP contribution in [0.5, 0.6) is 0 Å². The lowest BCUT2D eigenvalue weighted by molar-refractivity contribution is 0.251. The molecule has 0 aliphatic heterocycles. The molecule has 4 N–H and O–H groups in total. The van der Waals surface area contributed by atoms with Crippen LogP contribution in [0.4, 0.5) is 16.2 Å². The Morgan fingerprint density at radius 2 is 2.37 bits per heavy atom. The van der Waals surface area contributed by atoms with E-state index in [1.165, 1.54) is 0 Å². The number of hydrogen-bond acceptors (Lipinski definition) is 4. The maximum Gasteiger partial charge on any atom is 0.319 e. The predicted molar refractivity (Wildman–Crippen MR) is 78.4 cm³/mol. The third-order valence-electron chi connectivity index (χ3n) is 2.59. The van der Waals surface area contributed by atoms with Crippen LogP contribution in [-0.2, 0) is 0 Å². The van der Waals surface area contributed by atoms with E-state index in [4.69, 9.17) is 5.73 Å². The van der Waals surface area contributed by atoms with Crippen molar-refractivity contribution in [1.29, 1.82) is 0 Å². The van der Waals surface area contributed by atoms with E-state index in [0.29, 0.717) is 17.9 Å². The standard InChI is InChI=1S/C13H16N4OS/c1-9(12-15-5-6-19-12)8-16-13(18)17-11-4-2-3-10(14)7-11/h2-7,9H,8,14H2,1H3,(H2,16,17,18). The second kappa shape index (κ2) is 6.19. The van der Waals surface area contributed by atoms with Gasteiger partial charge in [0.05, 0.1) is 5.01 Å². The number of hydrogen-bond donors (Lipinski definition) is 3. The van der Waals surface area contributed by atoms with Crippen LogP contribution < -0.4 is 16.4 Å². The van der Waals surface area contributed by atoms with Crippen molar-refractivity contribution in [1.82, 2.24) is 10.3 Å². The summed E-state index contributed by atoms with van der Waals surface area (Å²) in [5.41, 5.74) is 6.94. The number of thiazole rings is 1. The van der Waals surface area contributed by atoms with Crippen molar-refractivity contribution in [3.63, 3.8) is 0 Å². The lowest BCUT2D eigenvalue weighted by Gasteiger charge is -2.11. The fraction of sp³-hybridized carbons (Fsp3) is 0.231. The number of benzene rings is 1. The minimum absolute atomic E-state index is 0.201. The van der Waals surface area contributed by atoms with E-state index >= 15 is 0 Å². The van der Waals surface area contributed by atoms with Crippen molar-refractivity contribution in [2.24, 2.45) is 0 Å². The summed E-state index contributed by atoms with van der Waals surface area (Å²) in [7, 11) is 0. The Bertz CT molecular complexity index is 541. The van der Waals surface area contributed by atoms with Crippen LogP contribution in [0, 0.1) is 0 Å². The molecule has 0 fully saturated rings. The molecule has 1 heterocycles. The molecule has 0 aliphatic carbocycles. The zero-order valence-electron chi connectivity index (χ0n) is 10.6. The summed E-state index contributed by atoms with van der Waals surface area (Å²) >= 11 is 1.59. The Hall–Kier alpha value is -2.08. The molecular weight excluding hydrogens is 260 g/mol.